The number of nitrogens with one attached hydrogen (secondary N) is 1. The van der Waals surface area contributed by atoms with Gasteiger partial charge >= 0.3 is 0 Å². The average molecular weight is 218 g/mol. The van der Waals surface area contributed by atoms with Crippen molar-refractivity contribution in [1.29, 1.82) is 0 Å². The van der Waals surface area contributed by atoms with Crippen LogP contribution >= 0.6 is 0 Å². The minimum Gasteiger partial charge on any atom is -0.316 e. The second-order valence-corrected chi connectivity index (χ2v) is 5.74. The molecule has 0 saturated carbocycles. The van der Waals surface area contributed by atoms with Crippen molar-refractivity contribution in [3.05, 3.63) is 0 Å². The number of likely N-dealkylation sites (tertiary alicyclic amines) is 1. The average Bonchev–Trinajstić information content (AvgIpc) is 2.62. The van der Waals surface area contributed by atoms with E-state index in [1.807, 2.05) is 7.05 Å². The highest BCUT2D eigenvalue weighted by Gasteiger charge is 2.24. The Bertz CT molecular complexity index is 199. The molecule has 0 aliphatic carbocycles. The predicted octanol–water partition coefficient (Wildman–Crippen LogP) is 0.437. The van der Waals surface area contributed by atoms with Gasteiger partial charge in [0.05, 0.1) is 0 Å². The first-order valence-electron chi connectivity index (χ1n) is 5.35. The molecule has 14 heavy (non-hydrogen) atoms. The van der Waals surface area contributed by atoms with Gasteiger partial charge < -0.3 is 5.32 Å². The molecule has 1 N–H and O–H groups in total. The van der Waals surface area contributed by atoms with E-state index in [0.717, 1.165) is 18.7 Å². The van der Waals surface area contributed by atoms with Gasteiger partial charge in [0.15, 0.2) is 0 Å². The van der Waals surface area contributed by atoms with Crippen LogP contribution in [0.2, 0.25) is 0 Å². The molecule has 3 unspecified atom stereocenters. The molecule has 4 heteroatoms. The Kier molecular flexibility index (Phi) is 5.06. The Morgan fingerprint density at radius 3 is 2.86 bits per heavy atom. The van der Waals surface area contributed by atoms with E-state index in [9.17, 15) is 4.21 Å². The van der Waals surface area contributed by atoms with Crippen molar-refractivity contribution >= 4 is 10.8 Å². The van der Waals surface area contributed by atoms with Crippen LogP contribution in [0.25, 0.3) is 0 Å². The first-order valence-corrected chi connectivity index (χ1v) is 7.07. The second kappa shape index (κ2) is 5.83. The fraction of sp³-hybridized carbons (Fsp3) is 1.00. The van der Waals surface area contributed by atoms with E-state index in [1.54, 1.807) is 6.26 Å². The van der Waals surface area contributed by atoms with E-state index in [4.69, 9.17) is 0 Å². The van der Waals surface area contributed by atoms with Gasteiger partial charge in [-0.2, -0.15) is 0 Å². The molecule has 0 aromatic heterocycles. The van der Waals surface area contributed by atoms with Gasteiger partial charge in [-0.15, -0.1) is 0 Å². The summed E-state index contributed by atoms with van der Waals surface area (Å²) in [5, 5.41) is 3.31. The van der Waals surface area contributed by atoms with Crippen LogP contribution in [0.3, 0.4) is 0 Å². The summed E-state index contributed by atoms with van der Waals surface area (Å²) < 4.78 is 11.0. The highest BCUT2D eigenvalue weighted by Crippen LogP contribution is 2.14. The monoisotopic (exact) mass is 218 g/mol. The number of likely N-dealkylation sites (N-methyl/N-ethyl adjacent to an activating group) is 1. The van der Waals surface area contributed by atoms with E-state index < -0.39 is 10.8 Å². The predicted molar refractivity (Wildman–Crippen MR) is 62.1 cm³/mol. The van der Waals surface area contributed by atoms with Crippen LogP contribution < -0.4 is 5.32 Å². The molecular weight excluding hydrogens is 196 g/mol. The van der Waals surface area contributed by atoms with E-state index >= 15 is 0 Å². The van der Waals surface area contributed by atoms with Crippen LogP contribution in [0.5, 0.6) is 0 Å². The first-order chi connectivity index (χ1) is 6.63. The highest BCUT2D eigenvalue weighted by atomic mass is 32.2. The maximum atomic E-state index is 11.0. The maximum Gasteiger partial charge on any atom is 0.0246 e. The smallest absolute Gasteiger partial charge is 0.0246 e. The van der Waals surface area contributed by atoms with Gasteiger partial charge in [-0.25, -0.2) is 0 Å². The van der Waals surface area contributed by atoms with Gasteiger partial charge in [-0.05, 0) is 26.8 Å². The molecule has 84 valence electrons. The molecule has 0 bridgehead atoms. The van der Waals surface area contributed by atoms with Crippen molar-refractivity contribution in [2.45, 2.75) is 31.8 Å². The van der Waals surface area contributed by atoms with Crippen molar-refractivity contribution in [3.63, 3.8) is 0 Å². The molecule has 3 nitrogen and oxygen atoms in total. The molecule has 1 aliphatic rings. The second-order valence-electron chi connectivity index (χ2n) is 4.18. The van der Waals surface area contributed by atoms with Crippen LogP contribution in [-0.4, -0.2) is 53.3 Å². The topological polar surface area (TPSA) is 32.3 Å². The molecular formula is C10H22N2OS. The van der Waals surface area contributed by atoms with Gasteiger partial charge in [0.25, 0.3) is 0 Å². The minimum atomic E-state index is -0.639. The Balaban J connectivity index is 2.24. The lowest BCUT2D eigenvalue weighted by atomic mass is 10.2. The number of hydrogen-bond acceptors (Lipinski definition) is 3. The van der Waals surface area contributed by atoms with Crippen LogP contribution in [-0.2, 0) is 10.8 Å². The lowest BCUT2D eigenvalue weighted by Crippen LogP contribution is -2.35. The van der Waals surface area contributed by atoms with Crippen molar-refractivity contribution in [3.8, 4) is 0 Å². The maximum absolute atomic E-state index is 11.0. The summed E-state index contributed by atoms with van der Waals surface area (Å²) in [7, 11) is 1.39. The highest BCUT2D eigenvalue weighted by molar-refractivity contribution is 7.84. The quantitative estimate of drug-likeness (QED) is 0.726. The zero-order valence-electron chi connectivity index (χ0n) is 9.45. The van der Waals surface area contributed by atoms with Crippen LogP contribution in [0.1, 0.15) is 19.8 Å². The van der Waals surface area contributed by atoms with Crippen molar-refractivity contribution in [1.82, 2.24) is 10.2 Å². The number of rotatable bonds is 5. The zero-order valence-corrected chi connectivity index (χ0v) is 10.3. The molecule has 0 aromatic rings. The SMILES string of the molecule is CNC1CCN(C(C)CCS(C)=O)C1. The van der Waals surface area contributed by atoms with Gasteiger partial charge in [0.2, 0.25) is 0 Å². The summed E-state index contributed by atoms with van der Waals surface area (Å²) in [6.45, 7) is 4.57. The van der Waals surface area contributed by atoms with E-state index in [0.29, 0.717) is 12.1 Å². The first kappa shape index (κ1) is 12.1. The Hall–Kier alpha value is 0.0700. The summed E-state index contributed by atoms with van der Waals surface area (Å²) in [5.74, 6) is 0.835. The summed E-state index contributed by atoms with van der Waals surface area (Å²) in [5.41, 5.74) is 0. The fourth-order valence-corrected chi connectivity index (χ4v) is 2.62. The van der Waals surface area contributed by atoms with E-state index in [2.05, 4.69) is 17.1 Å². The third-order valence-corrected chi connectivity index (χ3v) is 3.88. The van der Waals surface area contributed by atoms with Crippen molar-refractivity contribution in [2.75, 3.05) is 32.1 Å². The fourth-order valence-electron chi connectivity index (χ4n) is 1.94. The lowest BCUT2D eigenvalue weighted by Gasteiger charge is -2.23. The summed E-state index contributed by atoms with van der Waals surface area (Å²) in [6, 6.07) is 1.24. The minimum absolute atomic E-state index is 0.581. The van der Waals surface area contributed by atoms with Crippen LogP contribution in [0.4, 0.5) is 0 Å². The summed E-state index contributed by atoms with van der Waals surface area (Å²) in [4.78, 5) is 2.49. The third-order valence-electron chi connectivity index (χ3n) is 3.07. The third kappa shape index (κ3) is 3.67. The largest absolute Gasteiger partial charge is 0.316 e. The Labute approximate surface area is 89.7 Å². The van der Waals surface area contributed by atoms with Crippen molar-refractivity contribution in [2.24, 2.45) is 0 Å². The Morgan fingerprint density at radius 1 is 1.64 bits per heavy atom. The molecule has 1 fully saturated rings. The van der Waals surface area contributed by atoms with Gasteiger partial charge in [-0.3, -0.25) is 9.11 Å². The molecule has 0 aromatic carbocycles. The van der Waals surface area contributed by atoms with Crippen LogP contribution in [0.15, 0.2) is 0 Å². The molecule has 1 rings (SSSR count). The molecule has 0 amide bonds. The van der Waals surface area contributed by atoms with Crippen LogP contribution in [0, 0.1) is 0 Å². The van der Waals surface area contributed by atoms with E-state index in [1.165, 1.54) is 13.0 Å². The molecule has 0 radical (unpaired) electrons. The summed E-state index contributed by atoms with van der Waals surface area (Å²) >= 11 is 0. The number of hydrogen-bond donors (Lipinski definition) is 1. The standard InChI is InChI=1S/C10H22N2OS/c1-9(5-7-14(3)13)12-6-4-10(8-12)11-2/h9-11H,4-8H2,1-3H3. The molecule has 0 spiro atoms. The normalized spacial score (nSPS) is 27.8. The van der Waals surface area contributed by atoms with Gasteiger partial charge in [0.1, 0.15) is 0 Å². The van der Waals surface area contributed by atoms with Gasteiger partial charge in [-0.1, -0.05) is 0 Å². The molecule has 3 atom stereocenters. The molecule has 1 heterocycles. The molecule has 1 saturated heterocycles. The summed E-state index contributed by atoms with van der Waals surface area (Å²) in [6.07, 6.45) is 4.09. The zero-order chi connectivity index (χ0) is 10.6. The van der Waals surface area contributed by atoms with E-state index in [-0.39, 0.29) is 0 Å². The number of nitrogens with zero attached hydrogens (tertiary/aromatic N) is 1. The van der Waals surface area contributed by atoms with Crippen molar-refractivity contribution < 1.29 is 4.21 Å². The molecule has 1 aliphatic heterocycles. The Morgan fingerprint density at radius 2 is 2.36 bits per heavy atom. The lowest BCUT2D eigenvalue weighted by molar-refractivity contribution is 0.248. The van der Waals surface area contributed by atoms with Gasteiger partial charge in [0, 0.05) is 48.0 Å².